The molecule has 0 saturated heterocycles. The van der Waals surface area contributed by atoms with Crippen molar-refractivity contribution in [1.29, 1.82) is 0 Å². The summed E-state index contributed by atoms with van der Waals surface area (Å²) >= 11 is 0. The summed E-state index contributed by atoms with van der Waals surface area (Å²) in [5, 5.41) is 0. The van der Waals surface area contributed by atoms with Gasteiger partial charge in [0.25, 0.3) is 0 Å². The second-order valence-corrected chi connectivity index (χ2v) is 4.09. The molecule has 2 atom stereocenters. The minimum atomic E-state index is -0.218. The number of ketones is 1. The van der Waals surface area contributed by atoms with Crippen LogP contribution < -0.4 is 0 Å². The molecule has 0 bridgehead atoms. The molecule has 0 aromatic rings. The van der Waals surface area contributed by atoms with Gasteiger partial charge < -0.3 is 4.74 Å². The molecular formula is C10H16O3. The van der Waals surface area contributed by atoms with E-state index in [1.165, 1.54) is 7.11 Å². The maximum atomic E-state index is 11.3. The van der Waals surface area contributed by atoms with Crippen LogP contribution in [0.4, 0.5) is 0 Å². The van der Waals surface area contributed by atoms with Crippen molar-refractivity contribution < 1.29 is 14.3 Å². The van der Waals surface area contributed by atoms with Crippen LogP contribution in [0.25, 0.3) is 0 Å². The lowest BCUT2D eigenvalue weighted by Crippen LogP contribution is -2.26. The van der Waals surface area contributed by atoms with Gasteiger partial charge in [-0.25, -0.2) is 0 Å². The van der Waals surface area contributed by atoms with Gasteiger partial charge in [-0.3, -0.25) is 9.59 Å². The molecule has 0 aliphatic heterocycles. The van der Waals surface area contributed by atoms with Crippen LogP contribution in [0.15, 0.2) is 0 Å². The van der Waals surface area contributed by atoms with Crippen molar-refractivity contribution in [2.24, 2.45) is 11.3 Å². The Morgan fingerprint density at radius 3 is 2.69 bits per heavy atom. The van der Waals surface area contributed by atoms with E-state index in [0.29, 0.717) is 12.8 Å². The van der Waals surface area contributed by atoms with Crippen molar-refractivity contribution in [2.75, 3.05) is 7.11 Å². The normalized spacial score (nSPS) is 33.5. The fourth-order valence-electron chi connectivity index (χ4n) is 1.87. The van der Waals surface area contributed by atoms with E-state index in [0.717, 1.165) is 6.42 Å². The monoisotopic (exact) mass is 184 g/mol. The minimum absolute atomic E-state index is 0.00778. The number of rotatable bonds is 2. The third-order valence-corrected chi connectivity index (χ3v) is 3.25. The molecule has 13 heavy (non-hydrogen) atoms. The summed E-state index contributed by atoms with van der Waals surface area (Å²) in [7, 11) is 1.38. The lowest BCUT2D eigenvalue weighted by atomic mass is 9.78. The fourth-order valence-corrected chi connectivity index (χ4v) is 1.87. The Kier molecular flexibility index (Phi) is 2.74. The quantitative estimate of drug-likeness (QED) is 0.611. The largest absolute Gasteiger partial charge is 0.469 e. The molecule has 1 unspecified atom stereocenters. The molecule has 0 N–H and O–H groups in total. The van der Waals surface area contributed by atoms with E-state index in [1.54, 1.807) is 0 Å². The van der Waals surface area contributed by atoms with E-state index >= 15 is 0 Å². The number of ether oxygens (including phenoxy) is 1. The number of carbonyl (C=O) groups is 2. The summed E-state index contributed by atoms with van der Waals surface area (Å²) in [6.07, 6.45) is 1.77. The average Bonchev–Trinajstić information content (AvgIpc) is 2.34. The number of Topliss-reactive ketones (excluding diaryl/α,β-unsaturated/α-hetero) is 1. The van der Waals surface area contributed by atoms with E-state index in [2.05, 4.69) is 4.74 Å². The Hall–Kier alpha value is -0.860. The lowest BCUT2D eigenvalue weighted by Gasteiger charge is -2.26. The van der Waals surface area contributed by atoms with Crippen LogP contribution in [0, 0.1) is 11.3 Å². The maximum absolute atomic E-state index is 11.3. The fraction of sp³-hybridized carbons (Fsp3) is 0.800. The summed E-state index contributed by atoms with van der Waals surface area (Å²) in [5.74, 6) is 0.0436. The van der Waals surface area contributed by atoms with Crippen molar-refractivity contribution >= 4 is 11.8 Å². The Morgan fingerprint density at radius 2 is 2.31 bits per heavy atom. The molecule has 1 fully saturated rings. The third kappa shape index (κ3) is 1.90. The summed E-state index contributed by atoms with van der Waals surface area (Å²) < 4.78 is 4.61. The molecule has 0 aromatic carbocycles. The lowest BCUT2D eigenvalue weighted by molar-refractivity contribution is -0.143. The minimum Gasteiger partial charge on any atom is -0.469 e. The maximum Gasteiger partial charge on any atom is 0.306 e. The molecule has 3 nitrogen and oxygen atoms in total. The van der Waals surface area contributed by atoms with Crippen LogP contribution in [0.3, 0.4) is 0 Å². The molecule has 74 valence electrons. The van der Waals surface area contributed by atoms with Gasteiger partial charge in [0.05, 0.1) is 13.5 Å². The molecule has 1 aliphatic carbocycles. The standard InChI is InChI=1S/C10H16O3/c1-7-8(11)4-5-10(7,2)6-9(12)13-3/h7H,4-6H2,1-3H3/t7?,10-/m1/s1. The molecule has 0 aromatic heterocycles. The summed E-state index contributed by atoms with van der Waals surface area (Å²) in [6.45, 7) is 3.89. The van der Waals surface area contributed by atoms with Gasteiger partial charge in [0, 0.05) is 12.3 Å². The van der Waals surface area contributed by atoms with Gasteiger partial charge in [0.2, 0.25) is 0 Å². The second kappa shape index (κ2) is 3.48. The average molecular weight is 184 g/mol. The van der Waals surface area contributed by atoms with Gasteiger partial charge in [-0.05, 0) is 11.8 Å². The van der Waals surface area contributed by atoms with Crippen molar-refractivity contribution in [3.63, 3.8) is 0 Å². The molecule has 1 aliphatic rings. The molecule has 0 radical (unpaired) electrons. The molecule has 3 heteroatoms. The summed E-state index contributed by atoms with van der Waals surface area (Å²) in [4.78, 5) is 22.4. The van der Waals surface area contributed by atoms with Crippen LogP contribution in [0.1, 0.15) is 33.1 Å². The van der Waals surface area contributed by atoms with Crippen molar-refractivity contribution in [3.05, 3.63) is 0 Å². The number of methoxy groups -OCH3 is 1. The van der Waals surface area contributed by atoms with E-state index in [9.17, 15) is 9.59 Å². The summed E-state index contributed by atoms with van der Waals surface area (Å²) in [6, 6.07) is 0. The summed E-state index contributed by atoms with van der Waals surface area (Å²) in [5.41, 5.74) is -0.176. The molecular weight excluding hydrogens is 168 g/mol. The highest BCUT2D eigenvalue weighted by Crippen LogP contribution is 2.43. The van der Waals surface area contributed by atoms with Gasteiger partial charge in [-0.1, -0.05) is 13.8 Å². The molecule has 0 spiro atoms. The van der Waals surface area contributed by atoms with E-state index in [4.69, 9.17) is 0 Å². The zero-order chi connectivity index (χ0) is 10.1. The van der Waals surface area contributed by atoms with Crippen LogP contribution in [-0.2, 0) is 14.3 Å². The number of hydrogen-bond donors (Lipinski definition) is 0. The van der Waals surface area contributed by atoms with Crippen LogP contribution >= 0.6 is 0 Å². The van der Waals surface area contributed by atoms with Crippen molar-refractivity contribution in [1.82, 2.24) is 0 Å². The Balaban J connectivity index is 2.66. The Labute approximate surface area is 78.5 Å². The zero-order valence-corrected chi connectivity index (χ0v) is 8.42. The first-order valence-electron chi connectivity index (χ1n) is 4.59. The van der Waals surface area contributed by atoms with E-state index in [1.807, 2.05) is 13.8 Å². The van der Waals surface area contributed by atoms with Gasteiger partial charge >= 0.3 is 5.97 Å². The number of hydrogen-bond acceptors (Lipinski definition) is 3. The molecule has 0 heterocycles. The highest BCUT2D eigenvalue weighted by atomic mass is 16.5. The molecule has 0 amide bonds. The second-order valence-electron chi connectivity index (χ2n) is 4.09. The van der Waals surface area contributed by atoms with Crippen LogP contribution in [-0.4, -0.2) is 18.9 Å². The first-order chi connectivity index (χ1) is 5.99. The number of esters is 1. The number of carbonyl (C=O) groups excluding carboxylic acids is 2. The van der Waals surface area contributed by atoms with Crippen molar-refractivity contribution in [2.45, 2.75) is 33.1 Å². The van der Waals surface area contributed by atoms with Gasteiger partial charge in [0.15, 0.2) is 0 Å². The zero-order valence-electron chi connectivity index (χ0n) is 8.42. The predicted octanol–water partition coefficient (Wildman–Crippen LogP) is 1.55. The smallest absolute Gasteiger partial charge is 0.306 e. The van der Waals surface area contributed by atoms with Gasteiger partial charge in [0.1, 0.15) is 5.78 Å². The Morgan fingerprint density at radius 1 is 1.69 bits per heavy atom. The highest BCUT2D eigenvalue weighted by Gasteiger charge is 2.42. The topological polar surface area (TPSA) is 43.4 Å². The van der Waals surface area contributed by atoms with Crippen LogP contribution in [0.2, 0.25) is 0 Å². The van der Waals surface area contributed by atoms with Crippen LogP contribution in [0.5, 0.6) is 0 Å². The first-order valence-corrected chi connectivity index (χ1v) is 4.59. The van der Waals surface area contributed by atoms with Crippen molar-refractivity contribution in [3.8, 4) is 0 Å². The van der Waals surface area contributed by atoms with E-state index in [-0.39, 0.29) is 23.1 Å². The molecule has 1 rings (SSSR count). The predicted molar refractivity (Wildman–Crippen MR) is 48.1 cm³/mol. The van der Waals surface area contributed by atoms with Gasteiger partial charge in [-0.2, -0.15) is 0 Å². The Bertz CT molecular complexity index is 234. The first kappa shape index (κ1) is 10.2. The SMILES string of the molecule is COC(=O)C[C@@]1(C)CCC(=O)C1C. The molecule has 1 saturated carbocycles. The van der Waals surface area contributed by atoms with E-state index < -0.39 is 0 Å². The highest BCUT2D eigenvalue weighted by molar-refractivity contribution is 5.85. The van der Waals surface area contributed by atoms with Gasteiger partial charge in [-0.15, -0.1) is 0 Å². The third-order valence-electron chi connectivity index (χ3n) is 3.25.